The summed E-state index contributed by atoms with van der Waals surface area (Å²) < 4.78 is 5.49. The second-order valence-corrected chi connectivity index (χ2v) is 8.47. The molecule has 0 radical (unpaired) electrons. The van der Waals surface area contributed by atoms with Gasteiger partial charge in [0.05, 0.1) is 13.3 Å². The zero-order valence-corrected chi connectivity index (χ0v) is 20.9. The van der Waals surface area contributed by atoms with Crippen molar-refractivity contribution in [2.75, 3.05) is 26.1 Å². The summed E-state index contributed by atoms with van der Waals surface area (Å²) in [6.07, 6.45) is 3.16. The van der Waals surface area contributed by atoms with Gasteiger partial charge in [0.1, 0.15) is 11.4 Å². The molecule has 4 rings (SSSR count). The van der Waals surface area contributed by atoms with E-state index in [1.165, 1.54) is 0 Å². The topological polar surface area (TPSA) is 83.0 Å². The standard InChI is InChI=1S/C30H28N4O3/c1-34(2)24-16-13-21(14-17-24)19-27(32-29(35)23-10-5-4-6-11-23)30(36)33-31-20-26-25-12-8-7-9-22(25)15-18-28(26)37-3/h4-20H,1-3H3,(H,32,35)(H,33,36)/b27-19+,31-20+. The summed E-state index contributed by atoms with van der Waals surface area (Å²) in [4.78, 5) is 28.0. The summed E-state index contributed by atoms with van der Waals surface area (Å²) >= 11 is 0. The van der Waals surface area contributed by atoms with Gasteiger partial charge in [-0.1, -0.05) is 60.7 Å². The number of amides is 2. The van der Waals surface area contributed by atoms with Crippen LogP contribution in [0.3, 0.4) is 0 Å². The molecule has 2 amide bonds. The van der Waals surface area contributed by atoms with Crippen LogP contribution in [0.25, 0.3) is 16.8 Å². The normalized spacial score (nSPS) is 11.4. The molecule has 2 N–H and O–H groups in total. The molecule has 0 saturated carbocycles. The van der Waals surface area contributed by atoms with Crippen LogP contribution in [0.2, 0.25) is 0 Å². The number of anilines is 1. The Hall–Kier alpha value is -4.91. The lowest BCUT2D eigenvalue weighted by Crippen LogP contribution is -2.32. The van der Waals surface area contributed by atoms with E-state index < -0.39 is 11.8 Å². The number of nitrogens with one attached hydrogen (secondary N) is 2. The third-order valence-corrected chi connectivity index (χ3v) is 5.76. The van der Waals surface area contributed by atoms with Gasteiger partial charge in [0.15, 0.2) is 0 Å². The summed E-state index contributed by atoms with van der Waals surface area (Å²) in [6.45, 7) is 0. The molecule has 186 valence electrons. The number of nitrogens with zero attached hydrogens (tertiary/aromatic N) is 2. The molecular weight excluding hydrogens is 464 g/mol. The van der Waals surface area contributed by atoms with E-state index in [0.717, 1.165) is 27.6 Å². The quantitative estimate of drug-likeness (QED) is 0.210. The number of carbonyl (C=O) groups is 2. The molecule has 0 aliphatic heterocycles. The SMILES string of the molecule is COc1ccc2ccccc2c1/C=N/NC(=O)/C(=C\c1ccc(N(C)C)cc1)NC(=O)c1ccccc1. The number of methoxy groups -OCH3 is 1. The zero-order chi connectivity index (χ0) is 26.2. The molecule has 4 aromatic rings. The predicted octanol–water partition coefficient (Wildman–Crippen LogP) is 4.84. The lowest BCUT2D eigenvalue weighted by atomic mass is 10.0. The average Bonchev–Trinajstić information content (AvgIpc) is 2.93. The molecule has 0 bridgehead atoms. The van der Waals surface area contributed by atoms with Crippen molar-refractivity contribution in [1.29, 1.82) is 0 Å². The molecule has 0 aliphatic rings. The van der Waals surface area contributed by atoms with E-state index >= 15 is 0 Å². The third kappa shape index (κ3) is 6.21. The maximum atomic E-state index is 13.2. The minimum Gasteiger partial charge on any atom is -0.496 e. The molecule has 0 aromatic heterocycles. The van der Waals surface area contributed by atoms with Gasteiger partial charge < -0.3 is 15.0 Å². The van der Waals surface area contributed by atoms with Crippen LogP contribution in [0.1, 0.15) is 21.5 Å². The molecular formula is C30H28N4O3. The van der Waals surface area contributed by atoms with Crippen molar-refractivity contribution in [2.45, 2.75) is 0 Å². The van der Waals surface area contributed by atoms with Gasteiger partial charge in [-0.25, -0.2) is 5.43 Å². The fourth-order valence-corrected chi connectivity index (χ4v) is 3.78. The Morgan fingerprint density at radius 1 is 0.865 bits per heavy atom. The number of hydrazone groups is 1. The van der Waals surface area contributed by atoms with Crippen molar-refractivity contribution in [2.24, 2.45) is 5.10 Å². The van der Waals surface area contributed by atoms with E-state index in [-0.39, 0.29) is 5.70 Å². The minimum absolute atomic E-state index is 0.0634. The Morgan fingerprint density at radius 2 is 1.57 bits per heavy atom. The van der Waals surface area contributed by atoms with Crippen LogP contribution in [0.5, 0.6) is 5.75 Å². The van der Waals surface area contributed by atoms with Gasteiger partial charge in [-0.3, -0.25) is 9.59 Å². The van der Waals surface area contributed by atoms with Crippen molar-refractivity contribution in [3.8, 4) is 5.75 Å². The van der Waals surface area contributed by atoms with E-state index in [4.69, 9.17) is 4.74 Å². The number of hydrogen-bond acceptors (Lipinski definition) is 5. The maximum Gasteiger partial charge on any atom is 0.287 e. The lowest BCUT2D eigenvalue weighted by Gasteiger charge is -2.13. The van der Waals surface area contributed by atoms with Gasteiger partial charge in [0.25, 0.3) is 11.8 Å². The molecule has 37 heavy (non-hydrogen) atoms. The Morgan fingerprint density at radius 3 is 2.27 bits per heavy atom. The smallest absolute Gasteiger partial charge is 0.287 e. The lowest BCUT2D eigenvalue weighted by molar-refractivity contribution is -0.117. The summed E-state index contributed by atoms with van der Waals surface area (Å²) in [5, 5.41) is 8.86. The van der Waals surface area contributed by atoms with Gasteiger partial charge in [-0.05, 0) is 52.7 Å². The molecule has 0 spiro atoms. The maximum absolute atomic E-state index is 13.2. The first-order valence-electron chi connectivity index (χ1n) is 11.7. The second kappa shape index (κ2) is 11.7. The van der Waals surface area contributed by atoms with Gasteiger partial charge in [-0.15, -0.1) is 0 Å². The van der Waals surface area contributed by atoms with Crippen LogP contribution >= 0.6 is 0 Å². The molecule has 0 unspecified atom stereocenters. The molecule has 0 fully saturated rings. The highest BCUT2D eigenvalue weighted by Crippen LogP contribution is 2.26. The molecule has 0 atom stereocenters. The van der Waals surface area contributed by atoms with E-state index in [0.29, 0.717) is 11.3 Å². The number of rotatable bonds is 8. The van der Waals surface area contributed by atoms with Gasteiger partial charge in [-0.2, -0.15) is 5.10 Å². The van der Waals surface area contributed by atoms with Crippen LogP contribution < -0.4 is 20.4 Å². The van der Waals surface area contributed by atoms with Gasteiger partial charge in [0.2, 0.25) is 0 Å². The highest BCUT2D eigenvalue weighted by atomic mass is 16.5. The van der Waals surface area contributed by atoms with E-state index in [2.05, 4.69) is 15.8 Å². The zero-order valence-electron chi connectivity index (χ0n) is 20.9. The summed E-state index contributed by atoms with van der Waals surface area (Å²) in [7, 11) is 5.49. The molecule has 0 heterocycles. The van der Waals surface area contributed by atoms with Gasteiger partial charge >= 0.3 is 0 Å². The first kappa shape index (κ1) is 25.2. The number of fused-ring (bicyclic) bond motifs is 1. The summed E-state index contributed by atoms with van der Waals surface area (Å²) in [6, 6.07) is 28.0. The van der Waals surface area contributed by atoms with E-state index in [1.807, 2.05) is 85.7 Å². The van der Waals surface area contributed by atoms with Crippen molar-refractivity contribution in [3.05, 3.63) is 113 Å². The second-order valence-electron chi connectivity index (χ2n) is 8.47. The number of carbonyl (C=O) groups excluding carboxylic acids is 2. The number of ether oxygens (including phenoxy) is 1. The molecule has 4 aromatic carbocycles. The molecule has 7 nitrogen and oxygen atoms in total. The molecule has 0 saturated heterocycles. The summed E-state index contributed by atoms with van der Waals surface area (Å²) in [5.74, 6) is -0.325. The van der Waals surface area contributed by atoms with Gasteiger partial charge in [0, 0.05) is 30.9 Å². The number of benzene rings is 4. The Bertz CT molecular complexity index is 1460. The highest BCUT2D eigenvalue weighted by molar-refractivity contribution is 6.06. The van der Waals surface area contributed by atoms with Crippen molar-refractivity contribution in [1.82, 2.24) is 10.7 Å². The van der Waals surface area contributed by atoms with Crippen LogP contribution in [0, 0.1) is 0 Å². The fourth-order valence-electron chi connectivity index (χ4n) is 3.78. The monoisotopic (exact) mass is 492 g/mol. The largest absolute Gasteiger partial charge is 0.496 e. The molecule has 0 aliphatic carbocycles. The van der Waals surface area contributed by atoms with Crippen LogP contribution in [-0.2, 0) is 4.79 Å². The van der Waals surface area contributed by atoms with Crippen LogP contribution in [0.4, 0.5) is 5.69 Å². The molecule has 7 heteroatoms. The van der Waals surface area contributed by atoms with E-state index in [9.17, 15) is 9.59 Å². The Kier molecular flexibility index (Phi) is 7.95. The van der Waals surface area contributed by atoms with Crippen LogP contribution in [0.15, 0.2) is 102 Å². The third-order valence-electron chi connectivity index (χ3n) is 5.76. The fraction of sp³-hybridized carbons (Fsp3) is 0.100. The first-order chi connectivity index (χ1) is 18.0. The first-order valence-corrected chi connectivity index (χ1v) is 11.7. The minimum atomic E-state index is -0.559. The van der Waals surface area contributed by atoms with Crippen LogP contribution in [-0.4, -0.2) is 39.2 Å². The van der Waals surface area contributed by atoms with Crippen molar-refractivity contribution < 1.29 is 14.3 Å². The predicted molar refractivity (Wildman–Crippen MR) is 149 cm³/mol. The Labute approximate surface area is 216 Å². The Balaban J connectivity index is 1.61. The van der Waals surface area contributed by atoms with Crippen molar-refractivity contribution >= 4 is 40.6 Å². The van der Waals surface area contributed by atoms with Crippen molar-refractivity contribution in [3.63, 3.8) is 0 Å². The average molecular weight is 493 g/mol. The van der Waals surface area contributed by atoms with E-state index in [1.54, 1.807) is 43.7 Å². The number of hydrogen-bond donors (Lipinski definition) is 2. The summed E-state index contributed by atoms with van der Waals surface area (Å²) in [5.41, 5.74) is 5.55. The highest BCUT2D eigenvalue weighted by Gasteiger charge is 2.15.